The standard InChI is InChI=1S/C19H22O/c1-13(2)14-9-11-15(12-10-14)18-16-7-5-6-8-17(16)20-19(18,3)4/h5-13,18H,1-4H3/t18-/m0/s1. The molecular weight excluding hydrogens is 244 g/mol. The summed E-state index contributed by atoms with van der Waals surface area (Å²) in [5.74, 6) is 1.90. The van der Waals surface area contributed by atoms with Crippen LogP contribution < -0.4 is 4.74 Å². The summed E-state index contributed by atoms with van der Waals surface area (Å²) in [7, 11) is 0. The molecule has 2 aromatic rings. The van der Waals surface area contributed by atoms with Gasteiger partial charge in [0.2, 0.25) is 0 Å². The first kappa shape index (κ1) is 13.2. The summed E-state index contributed by atoms with van der Waals surface area (Å²) in [4.78, 5) is 0. The van der Waals surface area contributed by atoms with Crippen LogP contribution in [-0.4, -0.2) is 5.60 Å². The van der Waals surface area contributed by atoms with Gasteiger partial charge in [-0.1, -0.05) is 56.3 Å². The second-order valence-electron chi connectivity index (χ2n) is 6.50. The summed E-state index contributed by atoms with van der Waals surface area (Å²) < 4.78 is 6.14. The lowest BCUT2D eigenvalue weighted by Crippen LogP contribution is -2.30. The van der Waals surface area contributed by atoms with Gasteiger partial charge in [0.1, 0.15) is 11.4 Å². The average molecular weight is 266 g/mol. The van der Waals surface area contributed by atoms with Crippen LogP contribution in [-0.2, 0) is 0 Å². The molecule has 0 saturated heterocycles. The van der Waals surface area contributed by atoms with Gasteiger partial charge in [0, 0.05) is 5.56 Å². The second kappa shape index (κ2) is 4.66. The molecule has 0 spiro atoms. The number of para-hydroxylation sites is 1. The summed E-state index contributed by atoms with van der Waals surface area (Å²) in [6.45, 7) is 8.81. The van der Waals surface area contributed by atoms with Crippen LogP contribution in [0.15, 0.2) is 48.5 Å². The third-order valence-electron chi connectivity index (χ3n) is 4.23. The molecule has 3 rings (SSSR count). The van der Waals surface area contributed by atoms with Crippen molar-refractivity contribution in [1.29, 1.82) is 0 Å². The maximum Gasteiger partial charge on any atom is 0.124 e. The third-order valence-corrected chi connectivity index (χ3v) is 4.23. The van der Waals surface area contributed by atoms with E-state index in [4.69, 9.17) is 4.74 Å². The Balaban J connectivity index is 2.04. The molecule has 1 aliphatic rings. The lowest BCUT2D eigenvalue weighted by atomic mass is 9.81. The number of hydrogen-bond donors (Lipinski definition) is 0. The minimum absolute atomic E-state index is 0.191. The predicted octanol–water partition coefficient (Wildman–Crippen LogP) is 5.11. The molecule has 1 atom stereocenters. The number of ether oxygens (including phenoxy) is 1. The summed E-state index contributed by atoms with van der Waals surface area (Å²) in [5, 5.41) is 0. The van der Waals surface area contributed by atoms with Crippen molar-refractivity contribution >= 4 is 0 Å². The SMILES string of the molecule is CC(C)c1ccc([C@H]2c3ccccc3OC2(C)C)cc1. The number of fused-ring (bicyclic) bond motifs is 1. The highest BCUT2D eigenvalue weighted by Crippen LogP contribution is 2.47. The molecule has 0 amide bonds. The van der Waals surface area contributed by atoms with Crippen molar-refractivity contribution in [3.05, 3.63) is 65.2 Å². The van der Waals surface area contributed by atoms with Gasteiger partial charge in [-0.25, -0.2) is 0 Å². The van der Waals surface area contributed by atoms with Gasteiger partial charge in [-0.05, 0) is 37.0 Å². The first-order valence-corrected chi connectivity index (χ1v) is 7.37. The molecule has 1 heterocycles. The lowest BCUT2D eigenvalue weighted by molar-refractivity contribution is 0.122. The first-order valence-electron chi connectivity index (χ1n) is 7.37. The Kier molecular flexibility index (Phi) is 3.08. The summed E-state index contributed by atoms with van der Waals surface area (Å²) in [6, 6.07) is 17.4. The highest BCUT2D eigenvalue weighted by Gasteiger charge is 2.41. The Bertz CT molecular complexity index is 608. The van der Waals surface area contributed by atoms with E-state index in [-0.39, 0.29) is 5.60 Å². The van der Waals surface area contributed by atoms with Crippen LogP contribution in [0.1, 0.15) is 56.2 Å². The molecule has 2 aromatic carbocycles. The third kappa shape index (κ3) is 2.11. The van der Waals surface area contributed by atoms with Crippen molar-refractivity contribution in [3.63, 3.8) is 0 Å². The molecule has 0 radical (unpaired) electrons. The van der Waals surface area contributed by atoms with E-state index in [1.807, 2.05) is 6.07 Å². The van der Waals surface area contributed by atoms with Crippen molar-refractivity contribution in [2.24, 2.45) is 0 Å². The van der Waals surface area contributed by atoms with E-state index in [2.05, 4.69) is 70.2 Å². The van der Waals surface area contributed by atoms with Crippen molar-refractivity contribution in [2.45, 2.75) is 45.1 Å². The zero-order valence-electron chi connectivity index (χ0n) is 12.7. The molecule has 0 aromatic heterocycles. The van der Waals surface area contributed by atoms with E-state index in [0.29, 0.717) is 11.8 Å². The monoisotopic (exact) mass is 266 g/mol. The number of hydrogen-bond acceptors (Lipinski definition) is 1. The van der Waals surface area contributed by atoms with E-state index in [1.165, 1.54) is 16.7 Å². The Morgan fingerprint density at radius 1 is 0.950 bits per heavy atom. The molecule has 0 aliphatic carbocycles. The fraction of sp³-hybridized carbons (Fsp3) is 0.368. The van der Waals surface area contributed by atoms with E-state index in [9.17, 15) is 0 Å². The predicted molar refractivity (Wildman–Crippen MR) is 83.5 cm³/mol. The second-order valence-corrected chi connectivity index (χ2v) is 6.50. The van der Waals surface area contributed by atoms with Gasteiger partial charge in [-0.2, -0.15) is 0 Å². The van der Waals surface area contributed by atoms with Crippen LogP contribution in [0.3, 0.4) is 0 Å². The van der Waals surface area contributed by atoms with Crippen LogP contribution in [0.5, 0.6) is 5.75 Å². The van der Waals surface area contributed by atoms with E-state index < -0.39 is 0 Å². The average Bonchev–Trinajstić information content (AvgIpc) is 2.68. The highest BCUT2D eigenvalue weighted by atomic mass is 16.5. The van der Waals surface area contributed by atoms with Gasteiger partial charge < -0.3 is 4.74 Å². The van der Waals surface area contributed by atoms with Gasteiger partial charge in [0.15, 0.2) is 0 Å². The zero-order valence-corrected chi connectivity index (χ0v) is 12.7. The van der Waals surface area contributed by atoms with Gasteiger partial charge in [-0.3, -0.25) is 0 Å². The summed E-state index contributed by atoms with van der Waals surface area (Å²) in [6.07, 6.45) is 0. The largest absolute Gasteiger partial charge is 0.487 e. The number of rotatable bonds is 2. The van der Waals surface area contributed by atoms with Crippen molar-refractivity contribution in [3.8, 4) is 5.75 Å². The maximum absolute atomic E-state index is 6.14. The maximum atomic E-state index is 6.14. The minimum atomic E-state index is -0.191. The van der Waals surface area contributed by atoms with Crippen LogP contribution in [0.4, 0.5) is 0 Å². The molecule has 1 aliphatic heterocycles. The molecule has 0 fully saturated rings. The smallest absolute Gasteiger partial charge is 0.124 e. The first-order chi connectivity index (χ1) is 9.49. The Labute approximate surface area is 121 Å². The normalized spacial score (nSPS) is 19.8. The van der Waals surface area contributed by atoms with Gasteiger partial charge in [0.25, 0.3) is 0 Å². The zero-order chi connectivity index (χ0) is 14.3. The molecule has 104 valence electrons. The topological polar surface area (TPSA) is 9.23 Å². The molecule has 1 nitrogen and oxygen atoms in total. The van der Waals surface area contributed by atoms with Crippen LogP contribution >= 0.6 is 0 Å². The van der Waals surface area contributed by atoms with Gasteiger partial charge in [0.05, 0.1) is 5.92 Å². The van der Waals surface area contributed by atoms with Crippen LogP contribution in [0.2, 0.25) is 0 Å². The number of benzene rings is 2. The summed E-state index contributed by atoms with van der Waals surface area (Å²) >= 11 is 0. The Hall–Kier alpha value is -1.76. The van der Waals surface area contributed by atoms with Gasteiger partial charge >= 0.3 is 0 Å². The molecule has 20 heavy (non-hydrogen) atoms. The molecule has 0 bridgehead atoms. The van der Waals surface area contributed by atoms with Crippen LogP contribution in [0, 0.1) is 0 Å². The fourth-order valence-electron chi connectivity index (χ4n) is 3.18. The quantitative estimate of drug-likeness (QED) is 0.733. The van der Waals surface area contributed by atoms with Gasteiger partial charge in [-0.15, -0.1) is 0 Å². The minimum Gasteiger partial charge on any atom is -0.487 e. The molecule has 0 saturated carbocycles. The molecule has 0 unspecified atom stereocenters. The fourth-order valence-corrected chi connectivity index (χ4v) is 3.18. The Morgan fingerprint density at radius 3 is 2.25 bits per heavy atom. The molecular formula is C19H22O. The lowest BCUT2D eigenvalue weighted by Gasteiger charge is -2.27. The molecule has 1 heteroatoms. The van der Waals surface area contributed by atoms with Crippen LogP contribution in [0.25, 0.3) is 0 Å². The van der Waals surface area contributed by atoms with Crippen molar-refractivity contribution in [2.75, 3.05) is 0 Å². The highest BCUT2D eigenvalue weighted by molar-refractivity contribution is 5.49. The summed E-state index contributed by atoms with van der Waals surface area (Å²) in [5.41, 5.74) is 3.83. The van der Waals surface area contributed by atoms with Crippen molar-refractivity contribution in [1.82, 2.24) is 0 Å². The Morgan fingerprint density at radius 2 is 1.60 bits per heavy atom. The van der Waals surface area contributed by atoms with E-state index in [1.54, 1.807) is 0 Å². The van der Waals surface area contributed by atoms with E-state index >= 15 is 0 Å². The molecule has 0 N–H and O–H groups in total. The van der Waals surface area contributed by atoms with E-state index in [0.717, 1.165) is 5.75 Å². The van der Waals surface area contributed by atoms with Crippen molar-refractivity contribution < 1.29 is 4.74 Å².